The van der Waals surface area contributed by atoms with E-state index in [0.717, 1.165) is 17.8 Å². The van der Waals surface area contributed by atoms with Crippen molar-refractivity contribution in [1.82, 2.24) is 9.97 Å². The summed E-state index contributed by atoms with van der Waals surface area (Å²) in [6.45, 7) is 0. The molecule has 2 N–H and O–H groups in total. The molecule has 1 aromatic heterocycles. The molecule has 0 radical (unpaired) electrons. The minimum Gasteiger partial charge on any atom is -0.348 e. The number of nitrogens with zero attached hydrogens (tertiary/aromatic N) is 1. The molecule has 1 aliphatic rings. The van der Waals surface area contributed by atoms with Gasteiger partial charge in [0.05, 0.1) is 6.33 Å². The van der Waals surface area contributed by atoms with E-state index in [-0.39, 0.29) is 11.8 Å². The van der Waals surface area contributed by atoms with Crippen LogP contribution in [-0.4, -0.2) is 15.9 Å². The number of para-hydroxylation sites is 1. The molecule has 0 saturated heterocycles. The normalized spacial score (nSPS) is 22.1. The third kappa shape index (κ3) is 2.06. The predicted molar refractivity (Wildman–Crippen MR) is 64.5 cm³/mol. The molecule has 1 aliphatic carbocycles. The first kappa shape index (κ1) is 10.1. The van der Waals surface area contributed by atoms with Crippen LogP contribution < -0.4 is 5.32 Å². The van der Waals surface area contributed by atoms with Gasteiger partial charge in [0.25, 0.3) is 0 Å². The minimum absolute atomic E-state index is 0.0793. The first-order valence-corrected chi connectivity index (χ1v) is 5.69. The summed E-state index contributed by atoms with van der Waals surface area (Å²) in [4.78, 5) is 19.0. The molecule has 2 atom stereocenters. The van der Waals surface area contributed by atoms with Crippen LogP contribution in [0.1, 0.15) is 18.0 Å². The first-order chi connectivity index (χ1) is 8.34. The molecule has 0 spiro atoms. The Balaban J connectivity index is 1.62. The minimum atomic E-state index is 0.0793. The van der Waals surface area contributed by atoms with E-state index in [0.29, 0.717) is 5.92 Å². The second-order valence-electron chi connectivity index (χ2n) is 4.31. The molecule has 1 saturated carbocycles. The number of anilines is 1. The molecule has 1 heterocycles. The third-order valence-electron chi connectivity index (χ3n) is 3.09. The Kier molecular flexibility index (Phi) is 2.40. The zero-order valence-electron chi connectivity index (χ0n) is 9.26. The number of benzene rings is 1. The zero-order chi connectivity index (χ0) is 11.7. The topological polar surface area (TPSA) is 57.8 Å². The fourth-order valence-corrected chi connectivity index (χ4v) is 2.05. The molecule has 1 aromatic carbocycles. The highest BCUT2D eigenvalue weighted by Crippen LogP contribution is 2.47. The van der Waals surface area contributed by atoms with Crippen LogP contribution in [0.2, 0.25) is 0 Å². The van der Waals surface area contributed by atoms with Crippen molar-refractivity contribution in [3.05, 3.63) is 48.5 Å². The summed E-state index contributed by atoms with van der Waals surface area (Å²) in [7, 11) is 0. The Bertz CT molecular complexity index is 507. The largest absolute Gasteiger partial charge is 0.348 e. The van der Waals surface area contributed by atoms with Crippen LogP contribution in [0.4, 0.5) is 5.69 Å². The maximum Gasteiger partial charge on any atom is 0.228 e. The van der Waals surface area contributed by atoms with Gasteiger partial charge in [-0.25, -0.2) is 4.98 Å². The smallest absolute Gasteiger partial charge is 0.228 e. The van der Waals surface area contributed by atoms with E-state index in [1.807, 2.05) is 30.3 Å². The van der Waals surface area contributed by atoms with Gasteiger partial charge in [0.2, 0.25) is 5.91 Å². The Morgan fingerprint density at radius 3 is 2.88 bits per heavy atom. The highest BCUT2D eigenvalue weighted by molar-refractivity contribution is 5.95. The predicted octanol–water partition coefficient (Wildman–Crippen LogP) is 2.15. The fourth-order valence-electron chi connectivity index (χ4n) is 2.05. The van der Waals surface area contributed by atoms with Gasteiger partial charge < -0.3 is 10.3 Å². The number of hydrogen-bond donors (Lipinski definition) is 2. The number of aromatic nitrogens is 2. The van der Waals surface area contributed by atoms with Crippen molar-refractivity contribution in [2.24, 2.45) is 5.92 Å². The molecule has 2 aromatic rings. The monoisotopic (exact) mass is 227 g/mol. The fraction of sp³-hybridized carbons (Fsp3) is 0.231. The number of amides is 1. The molecule has 1 fully saturated rings. The van der Waals surface area contributed by atoms with Gasteiger partial charge in [-0.2, -0.15) is 0 Å². The van der Waals surface area contributed by atoms with Crippen molar-refractivity contribution in [2.75, 3.05) is 5.32 Å². The molecule has 0 unspecified atom stereocenters. The summed E-state index contributed by atoms with van der Waals surface area (Å²) in [6, 6.07) is 9.54. The third-order valence-corrected chi connectivity index (χ3v) is 3.09. The lowest BCUT2D eigenvalue weighted by atomic mass is 10.2. The van der Waals surface area contributed by atoms with Gasteiger partial charge in [-0.15, -0.1) is 0 Å². The number of imidazole rings is 1. The van der Waals surface area contributed by atoms with E-state index in [1.54, 1.807) is 12.5 Å². The molecule has 0 aliphatic heterocycles. The molecule has 1 amide bonds. The van der Waals surface area contributed by atoms with E-state index < -0.39 is 0 Å². The summed E-state index contributed by atoms with van der Waals surface area (Å²) in [5, 5.41) is 2.92. The van der Waals surface area contributed by atoms with Crippen LogP contribution in [0, 0.1) is 5.92 Å². The SMILES string of the molecule is O=C(Nc1ccccc1)[C@H]1C[C@@H]1c1cnc[nH]1. The number of H-pyrrole nitrogens is 1. The molecule has 4 nitrogen and oxygen atoms in total. The van der Waals surface area contributed by atoms with Crippen LogP contribution in [0.5, 0.6) is 0 Å². The molecule has 17 heavy (non-hydrogen) atoms. The molecular formula is C13H13N3O. The van der Waals surface area contributed by atoms with Gasteiger partial charge in [0.15, 0.2) is 0 Å². The van der Waals surface area contributed by atoms with Gasteiger partial charge >= 0.3 is 0 Å². The highest BCUT2D eigenvalue weighted by Gasteiger charge is 2.44. The average Bonchev–Trinajstić information content (AvgIpc) is 2.98. The standard InChI is InChI=1S/C13H13N3O/c17-13(16-9-4-2-1-3-5-9)11-6-10(11)12-7-14-8-15-12/h1-5,7-8,10-11H,6H2,(H,14,15)(H,16,17)/t10-,11-/m0/s1. The van der Waals surface area contributed by atoms with Crippen LogP contribution in [0.3, 0.4) is 0 Å². The Hall–Kier alpha value is -2.10. The van der Waals surface area contributed by atoms with E-state index >= 15 is 0 Å². The van der Waals surface area contributed by atoms with Gasteiger partial charge in [-0.1, -0.05) is 18.2 Å². The van der Waals surface area contributed by atoms with Gasteiger partial charge in [-0.3, -0.25) is 4.79 Å². The summed E-state index contributed by atoms with van der Waals surface area (Å²) in [5.74, 6) is 0.479. The number of aromatic amines is 1. The average molecular weight is 227 g/mol. The zero-order valence-corrected chi connectivity index (χ0v) is 9.26. The molecule has 3 rings (SSSR count). The van der Waals surface area contributed by atoms with Crippen LogP contribution in [0.15, 0.2) is 42.9 Å². The van der Waals surface area contributed by atoms with Crippen molar-refractivity contribution in [3.63, 3.8) is 0 Å². The van der Waals surface area contributed by atoms with Crippen LogP contribution in [-0.2, 0) is 4.79 Å². The summed E-state index contributed by atoms with van der Waals surface area (Å²) < 4.78 is 0. The van der Waals surface area contributed by atoms with E-state index in [4.69, 9.17) is 0 Å². The Morgan fingerprint density at radius 2 is 2.18 bits per heavy atom. The number of carbonyl (C=O) groups excluding carboxylic acids is 1. The van der Waals surface area contributed by atoms with Gasteiger partial charge in [0, 0.05) is 29.4 Å². The van der Waals surface area contributed by atoms with Crippen molar-refractivity contribution in [2.45, 2.75) is 12.3 Å². The number of nitrogens with one attached hydrogen (secondary N) is 2. The Morgan fingerprint density at radius 1 is 1.35 bits per heavy atom. The van der Waals surface area contributed by atoms with Crippen LogP contribution in [0.25, 0.3) is 0 Å². The van der Waals surface area contributed by atoms with Crippen molar-refractivity contribution in [3.8, 4) is 0 Å². The summed E-state index contributed by atoms with van der Waals surface area (Å²) in [6.07, 6.45) is 4.35. The molecule has 0 bridgehead atoms. The number of hydrogen-bond acceptors (Lipinski definition) is 2. The summed E-state index contributed by atoms with van der Waals surface area (Å²) >= 11 is 0. The molecular weight excluding hydrogens is 214 g/mol. The molecule has 4 heteroatoms. The highest BCUT2D eigenvalue weighted by atomic mass is 16.2. The second kappa shape index (κ2) is 4.05. The van der Waals surface area contributed by atoms with Crippen LogP contribution >= 0.6 is 0 Å². The van der Waals surface area contributed by atoms with Gasteiger partial charge in [-0.05, 0) is 18.6 Å². The van der Waals surface area contributed by atoms with E-state index in [2.05, 4.69) is 15.3 Å². The second-order valence-corrected chi connectivity index (χ2v) is 4.31. The van der Waals surface area contributed by atoms with Gasteiger partial charge in [0.1, 0.15) is 0 Å². The van der Waals surface area contributed by atoms with E-state index in [1.165, 1.54) is 0 Å². The van der Waals surface area contributed by atoms with Crippen molar-refractivity contribution >= 4 is 11.6 Å². The number of rotatable bonds is 3. The number of carbonyl (C=O) groups is 1. The quantitative estimate of drug-likeness (QED) is 0.844. The maximum atomic E-state index is 11.9. The summed E-state index contributed by atoms with van der Waals surface area (Å²) in [5.41, 5.74) is 1.91. The van der Waals surface area contributed by atoms with E-state index in [9.17, 15) is 4.79 Å². The lowest BCUT2D eigenvalue weighted by Gasteiger charge is -2.03. The first-order valence-electron chi connectivity index (χ1n) is 5.69. The van der Waals surface area contributed by atoms with Crippen molar-refractivity contribution in [1.29, 1.82) is 0 Å². The van der Waals surface area contributed by atoms with Crippen molar-refractivity contribution < 1.29 is 4.79 Å². The lowest BCUT2D eigenvalue weighted by Crippen LogP contribution is -2.14. The molecule has 86 valence electrons. The lowest BCUT2D eigenvalue weighted by molar-refractivity contribution is -0.117. The maximum absolute atomic E-state index is 11.9. The Labute approximate surface area is 99.1 Å².